The molecule has 0 spiro atoms. The summed E-state index contributed by atoms with van der Waals surface area (Å²) in [6.07, 6.45) is 1.47. The molecule has 26 heavy (non-hydrogen) atoms. The first kappa shape index (κ1) is 17.3. The third-order valence-corrected chi connectivity index (χ3v) is 5.48. The van der Waals surface area contributed by atoms with Gasteiger partial charge in [-0.05, 0) is 37.5 Å². The van der Waals surface area contributed by atoms with E-state index in [-0.39, 0.29) is 5.78 Å². The van der Waals surface area contributed by atoms with Crippen molar-refractivity contribution in [2.45, 2.75) is 26.7 Å². The number of hydrogen-bond donors (Lipinski definition) is 0. The molecule has 2 heterocycles. The molecule has 2 aromatic rings. The predicted octanol–water partition coefficient (Wildman–Crippen LogP) is 3.53. The SMILES string of the molecule is Cc1nc(N2CCN(c3cccc(Cl)c3)CC2)nc2c1C(=O)CC(C)C2. The minimum absolute atomic E-state index is 0.188. The highest BCUT2D eigenvalue weighted by atomic mass is 35.5. The Morgan fingerprint density at radius 3 is 2.54 bits per heavy atom. The van der Waals surface area contributed by atoms with Gasteiger partial charge >= 0.3 is 0 Å². The summed E-state index contributed by atoms with van der Waals surface area (Å²) in [7, 11) is 0. The Morgan fingerprint density at radius 1 is 1.08 bits per heavy atom. The maximum atomic E-state index is 12.3. The zero-order valence-corrected chi connectivity index (χ0v) is 16.0. The molecule has 1 fully saturated rings. The molecule has 0 radical (unpaired) electrons. The lowest BCUT2D eigenvalue weighted by atomic mass is 9.86. The van der Waals surface area contributed by atoms with Gasteiger partial charge in [0, 0.05) is 43.3 Å². The van der Waals surface area contributed by atoms with Crippen LogP contribution >= 0.6 is 11.6 Å². The fourth-order valence-corrected chi connectivity index (χ4v) is 4.11. The van der Waals surface area contributed by atoms with E-state index in [1.807, 2.05) is 25.1 Å². The maximum Gasteiger partial charge on any atom is 0.225 e. The van der Waals surface area contributed by atoms with Crippen LogP contribution in [0.4, 0.5) is 11.6 Å². The van der Waals surface area contributed by atoms with E-state index in [0.29, 0.717) is 12.3 Å². The van der Waals surface area contributed by atoms with Crippen molar-refractivity contribution in [1.29, 1.82) is 0 Å². The van der Waals surface area contributed by atoms with Crippen molar-refractivity contribution in [2.24, 2.45) is 5.92 Å². The Labute approximate surface area is 159 Å². The second-order valence-corrected chi connectivity index (χ2v) is 7.76. The van der Waals surface area contributed by atoms with Crippen molar-refractivity contribution in [3.05, 3.63) is 46.2 Å². The molecule has 1 atom stereocenters. The number of ketones is 1. The van der Waals surface area contributed by atoms with E-state index in [9.17, 15) is 4.79 Å². The summed E-state index contributed by atoms with van der Waals surface area (Å²) in [5.41, 5.74) is 3.65. The lowest BCUT2D eigenvalue weighted by Gasteiger charge is -2.36. The number of Topliss-reactive ketones (excluding diaryl/α,β-unsaturated/α-hetero) is 1. The van der Waals surface area contributed by atoms with E-state index < -0.39 is 0 Å². The van der Waals surface area contributed by atoms with Crippen LogP contribution in [-0.4, -0.2) is 41.9 Å². The van der Waals surface area contributed by atoms with Crippen molar-refractivity contribution in [3.63, 3.8) is 0 Å². The van der Waals surface area contributed by atoms with Gasteiger partial charge in [0.05, 0.1) is 17.0 Å². The first-order valence-electron chi connectivity index (χ1n) is 9.17. The van der Waals surface area contributed by atoms with E-state index in [1.54, 1.807) is 0 Å². The molecule has 1 aliphatic carbocycles. The molecule has 4 rings (SSSR count). The number of aryl methyl sites for hydroxylation is 1. The van der Waals surface area contributed by atoms with Gasteiger partial charge in [0.15, 0.2) is 5.78 Å². The molecule has 136 valence electrons. The second kappa shape index (κ2) is 6.88. The van der Waals surface area contributed by atoms with Crippen LogP contribution in [0.2, 0.25) is 5.02 Å². The van der Waals surface area contributed by atoms with Crippen LogP contribution < -0.4 is 9.80 Å². The minimum Gasteiger partial charge on any atom is -0.368 e. The van der Waals surface area contributed by atoms with E-state index in [1.165, 1.54) is 0 Å². The maximum absolute atomic E-state index is 12.3. The van der Waals surface area contributed by atoms with Gasteiger partial charge in [-0.1, -0.05) is 24.6 Å². The number of hydrogen-bond acceptors (Lipinski definition) is 5. The van der Waals surface area contributed by atoms with Gasteiger partial charge in [-0.25, -0.2) is 9.97 Å². The number of rotatable bonds is 2. The van der Waals surface area contributed by atoms with E-state index in [0.717, 1.165) is 66.2 Å². The summed E-state index contributed by atoms with van der Waals surface area (Å²) >= 11 is 6.11. The smallest absolute Gasteiger partial charge is 0.225 e. The Kier molecular flexibility index (Phi) is 4.57. The standard InChI is InChI=1S/C20H23ClN4O/c1-13-10-17-19(18(26)11-13)14(2)22-20(23-17)25-8-6-24(7-9-25)16-5-3-4-15(21)12-16/h3-5,12-13H,6-11H2,1-2H3. The number of piperazine rings is 1. The summed E-state index contributed by atoms with van der Waals surface area (Å²) < 4.78 is 0. The molecular weight excluding hydrogens is 348 g/mol. The highest BCUT2D eigenvalue weighted by Crippen LogP contribution is 2.28. The molecule has 1 aromatic heterocycles. The van der Waals surface area contributed by atoms with Crippen LogP contribution in [0.3, 0.4) is 0 Å². The topological polar surface area (TPSA) is 49.3 Å². The Hall–Kier alpha value is -2.14. The van der Waals surface area contributed by atoms with Gasteiger partial charge in [0.2, 0.25) is 5.95 Å². The van der Waals surface area contributed by atoms with Crippen LogP contribution in [-0.2, 0) is 6.42 Å². The first-order chi connectivity index (χ1) is 12.5. The zero-order valence-electron chi connectivity index (χ0n) is 15.2. The quantitative estimate of drug-likeness (QED) is 0.809. The number of benzene rings is 1. The molecule has 0 bridgehead atoms. The predicted molar refractivity (Wildman–Crippen MR) is 104 cm³/mol. The lowest BCUT2D eigenvalue weighted by Crippen LogP contribution is -2.47. The monoisotopic (exact) mass is 370 g/mol. The summed E-state index contributed by atoms with van der Waals surface area (Å²) in [5, 5.41) is 0.761. The summed E-state index contributed by atoms with van der Waals surface area (Å²) in [6, 6.07) is 7.98. The molecular formula is C20H23ClN4O. The third kappa shape index (κ3) is 3.28. The number of carbonyl (C=O) groups excluding carboxylic acids is 1. The van der Waals surface area contributed by atoms with Gasteiger partial charge < -0.3 is 9.80 Å². The number of anilines is 2. The van der Waals surface area contributed by atoms with Gasteiger partial charge in [-0.2, -0.15) is 0 Å². The molecule has 0 N–H and O–H groups in total. The Bertz CT molecular complexity index is 846. The van der Waals surface area contributed by atoms with Crippen LogP contribution in [0.5, 0.6) is 0 Å². The van der Waals surface area contributed by atoms with E-state index >= 15 is 0 Å². The Balaban J connectivity index is 1.52. The Morgan fingerprint density at radius 2 is 1.81 bits per heavy atom. The first-order valence-corrected chi connectivity index (χ1v) is 9.55. The van der Waals surface area contributed by atoms with E-state index in [2.05, 4.69) is 27.8 Å². The average molecular weight is 371 g/mol. The number of fused-ring (bicyclic) bond motifs is 1. The third-order valence-electron chi connectivity index (χ3n) is 5.24. The summed E-state index contributed by atoms with van der Waals surface area (Å²) in [4.78, 5) is 26.3. The molecule has 1 aromatic carbocycles. The molecule has 0 saturated carbocycles. The summed E-state index contributed by atoms with van der Waals surface area (Å²) in [6.45, 7) is 7.55. The van der Waals surface area contributed by atoms with Crippen LogP contribution in [0, 0.1) is 12.8 Å². The van der Waals surface area contributed by atoms with Gasteiger partial charge in [-0.15, -0.1) is 0 Å². The van der Waals surface area contributed by atoms with Crippen molar-refractivity contribution in [3.8, 4) is 0 Å². The molecule has 1 saturated heterocycles. The molecule has 2 aliphatic rings. The largest absolute Gasteiger partial charge is 0.368 e. The fourth-order valence-electron chi connectivity index (χ4n) is 3.93. The normalized spacial score (nSPS) is 20.3. The number of carbonyl (C=O) groups is 1. The fraction of sp³-hybridized carbons (Fsp3) is 0.450. The molecule has 6 heteroatoms. The summed E-state index contributed by atoms with van der Waals surface area (Å²) in [5.74, 6) is 1.30. The van der Waals surface area contributed by atoms with Crippen molar-refractivity contribution < 1.29 is 4.79 Å². The molecule has 1 unspecified atom stereocenters. The molecule has 0 amide bonds. The van der Waals surface area contributed by atoms with Gasteiger partial charge in [0.25, 0.3) is 0 Å². The average Bonchev–Trinajstić information content (AvgIpc) is 2.61. The van der Waals surface area contributed by atoms with Crippen molar-refractivity contribution >= 4 is 29.0 Å². The number of nitrogens with zero attached hydrogens (tertiary/aromatic N) is 4. The van der Waals surface area contributed by atoms with Gasteiger partial charge in [-0.3, -0.25) is 4.79 Å². The minimum atomic E-state index is 0.188. The second-order valence-electron chi connectivity index (χ2n) is 7.32. The highest BCUT2D eigenvalue weighted by Gasteiger charge is 2.28. The molecule has 1 aliphatic heterocycles. The van der Waals surface area contributed by atoms with Crippen molar-refractivity contribution in [1.82, 2.24) is 9.97 Å². The van der Waals surface area contributed by atoms with Crippen LogP contribution in [0.25, 0.3) is 0 Å². The molecule has 5 nitrogen and oxygen atoms in total. The van der Waals surface area contributed by atoms with Crippen LogP contribution in [0.1, 0.15) is 35.1 Å². The van der Waals surface area contributed by atoms with Crippen LogP contribution in [0.15, 0.2) is 24.3 Å². The number of aromatic nitrogens is 2. The lowest BCUT2D eigenvalue weighted by molar-refractivity contribution is 0.0951. The highest BCUT2D eigenvalue weighted by molar-refractivity contribution is 6.30. The van der Waals surface area contributed by atoms with Crippen molar-refractivity contribution in [2.75, 3.05) is 36.0 Å². The zero-order chi connectivity index (χ0) is 18.3. The number of halogens is 1. The van der Waals surface area contributed by atoms with Gasteiger partial charge in [0.1, 0.15) is 0 Å². The van der Waals surface area contributed by atoms with E-state index in [4.69, 9.17) is 16.6 Å².